The van der Waals surface area contributed by atoms with Crippen LogP contribution >= 0.6 is 0 Å². The number of nitrogens with zero attached hydrogens (tertiary/aromatic N) is 3. The van der Waals surface area contributed by atoms with Crippen molar-refractivity contribution in [1.29, 1.82) is 0 Å². The number of nitrogens with one attached hydrogen (secondary N) is 2. The smallest absolute Gasteiger partial charge is 0.255 e. The number of aryl methyl sites for hydroxylation is 2. The monoisotopic (exact) mass is 495 g/mol. The number of ether oxygens (including phenoxy) is 1. The Kier molecular flexibility index (Phi) is 6.10. The summed E-state index contributed by atoms with van der Waals surface area (Å²) in [6, 6.07) is 17.9. The molecule has 3 aromatic carbocycles. The highest BCUT2D eigenvalue weighted by Gasteiger charge is 2.23. The van der Waals surface area contributed by atoms with Gasteiger partial charge in [0.1, 0.15) is 5.75 Å². The summed E-state index contributed by atoms with van der Waals surface area (Å²) in [6.07, 6.45) is 0.858. The number of piperazine rings is 1. The molecular formula is C29H29N5O3. The zero-order valence-electron chi connectivity index (χ0n) is 21.0. The van der Waals surface area contributed by atoms with Crippen molar-refractivity contribution in [3.63, 3.8) is 0 Å². The molecule has 0 aliphatic carbocycles. The fourth-order valence-electron chi connectivity index (χ4n) is 5.05. The van der Waals surface area contributed by atoms with Gasteiger partial charge >= 0.3 is 0 Å². The molecule has 2 aliphatic rings. The predicted octanol–water partition coefficient (Wildman–Crippen LogP) is 4.62. The van der Waals surface area contributed by atoms with Gasteiger partial charge in [0.15, 0.2) is 0 Å². The maximum atomic E-state index is 13.1. The molecule has 8 nitrogen and oxygen atoms in total. The fourth-order valence-corrected chi connectivity index (χ4v) is 5.05. The van der Waals surface area contributed by atoms with Crippen molar-refractivity contribution in [2.75, 3.05) is 43.0 Å². The average Bonchev–Trinajstić information content (AvgIpc) is 3.58. The minimum atomic E-state index is -0.128. The lowest BCUT2D eigenvalue weighted by Crippen LogP contribution is -2.43. The molecule has 1 saturated heterocycles. The number of rotatable bonds is 5. The number of aromatic nitrogens is 2. The van der Waals surface area contributed by atoms with Crippen LogP contribution in [0, 0.1) is 13.8 Å². The molecule has 0 atom stereocenters. The van der Waals surface area contributed by atoms with E-state index < -0.39 is 0 Å². The van der Waals surface area contributed by atoms with Crippen LogP contribution in [0.5, 0.6) is 5.75 Å². The molecule has 0 radical (unpaired) electrons. The van der Waals surface area contributed by atoms with Gasteiger partial charge in [-0.1, -0.05) is 29.4 Å². The minimum absolute atomic E-state index is 0.128. The van der Waals surface area contributed by atoms with Gasteiger partial charge < -0.3 is 24.8 Å². The van der Waals surface area contributed by atoms with Crippen molar-refractivity contribution in [2.45, 2.75) is 20.3 Å². The van der Waals surface area contributed by atoms with Crippen LogP contribution < -0.4 is 20.3 Å². The van der Waals surface area contributed by atoms with E-state index in [1.807, 2.05) is 48.5 Å². The summed E-state index contributed by atoms with van der Waals surface area (Å²) in [4.78, 5) is 19.8. The van der Waals surface area contributed by atoms with Gasteiger partial charge in [-0.3, -0.25) is 4.79 Å². The molecule has 0 unspecified atom stereocenters. The molecule has 0 spiro atoms. The molecule has 3 heterocycles. The fraction of sp³-hybridized carbons (Fsp3) is 0.276. The van der Waals surface area contributed by atoms with Gasteiger partial charge in [0.25, 0.3) is 5.91 Å². The van der Waals surface area contributed by atoms with E-state index in [4.69, 9.17) is 9.26 Å². The van der Waals surface area contributed by atoms with Crippen molar-refractivity contribution in [2.24, 2.45) is 0 Å². The Labute approximate surface area is 215 Å². The summed E-state index contributed by atoms with van der Waals surface area (Å²) in [5.41, 5.74) is 7.77. The first-order valence-electron chi connectivity index (χ1n) is 12.6. The third-order valence-electron chi connectivity index (χ3n) is 6.95. The first kappa shape index (κ1) is 23.2. The van der Waals surface area contributed by atoms with E-state index in [0.29, 0.717) is 23.9 Å². The number of hydrogen-bond acceptors (Lipinski definition) is 7. The number of anilines is 2. The van der Waals surface area contributed by atoms with Crippen molar-refractivity contribution in [3.05, 3.63) is 77.2 Å². The van der Waals surface area contributed by atoms with E-state index in [1.54, 1.807) is 6.92 Å². The second-order valence-corrected chi connectivity index (χ2v) is 9.52. The maximum absolute atomic E-state index is 13.1. The number of fused-ring (bicyclic) bond motifs is 1. The van der Waals surface area contributed by atoms with E-state index in [1.165, 1.54) is 0 Å². The summed E-state index contributed by atoms with van der Waals surface area (Å²) in [7, 11) is 0. The topological polar surface area (TPSA) is 92.5 Å². The Morgan fingerprint density at radius 1 is 1.00 bits per heavy atom. The van der Waals surface area contributed by atoms with E-state index in [9.17, 15) is 4.79 Å². The lowest BCUT2D eigenvalue weighted by Gasteiger charge is -2.31. The Balaban J connectivity index is 1.20. The van der Waals surface area contributed by atoms with Gasteiger partial charge in [0.05, 0.1) is 12.3 Å². The Hall–Kier alpha value is -4.17. The van der Waals surface area contributed by atoms with Crippen LogP contribution in [0.25, 0.3) is 22.5 Å². The molecule has 2 aliphatic heterocycles. The van der Waals surface area contributed by atoms with Gasteiger partial charge in [-0.05, 0) is 53.9 Å². The summed E-state index contributed by atoms with van der Waals surface area (Å²) >= 11 is 0. The molecule has 0 bridgehead atoms. The molecule has 1 amide bonds. The number of benzene rings is 3. The van der Waals surface area contributed by atoms with Crippen molar-refractivity contribution in [1.82, 2.24) is 15.5 Å². The van der Waals surface area contributed by atoms with E-state index >= 15 is 0 Å². The second kappa shape index (κ2) is 9.71. The van der Waals surface area contributed by atoms with Gasteiger partial charge in [0.2, 0.25) is 11.7 Å². The zero-order chi connectivity index (χ0) is 25.4. The maximum Gasteiger partial charge on any atom is 0.255 e. The molecule has 4 aromatic rings. The highest BCUT2D eigenvalue weighted by atomic mass is 16.5. The molecule has 188 valence electrons. The van der Waals surface area contributed by atoms with Crippen LogP contribution in [0.4, 0.5) is 11.4 Å². The highest BCUT2D eigenvalue weighted by Crippen LogP contribution is 2.39. The summed E-state index contributed by atoms with van der Waals surface area (Å²) < 4.78 is 11.0. The van der Waals surface area contributed by atoms with Crippen molar-refractivity contribution < 1.29 is 14.1 Å². The lowest BCUT2D eigenvalue weighted by atomic mass is 9.97. The van der Waals surface area contributed by atoms with Crippen LogP contribution in [0.1, 0.15) is 27.4 Å². The first-order chi connectivity index (χ1) is 18.0. The number of hydrogen-bond donors (Lipinski definition) is 2. The van der Waals surface area contributed by atoms with Gasteiger partial charge in [-0.25, -0.2) is 0 Å². The Bertz CT molecular complexity index is 1460. The molecule has 8 heteroatoms. The normalized spacial score (nSPS) is 14.8. The van der Waals surface area contributed by atoms with E-state index in [0.717, 1.165) is 77.5 Å². The third kappa shape index (κ3) is 4.68. The third-order valence-corrected chi connectivity index (χ3v) is 6.95. The molecule has 0 saturated carbocycles. The van der Waals surface area contributed by atoms with Crippen LogP contribution in [-0.4, -0.2) is 48.8 Å². The Morgan fingerprint density at radius 2 is 1.78 bits per heavy atom. The van der Waals surface area contributed by atoms with Crippen molar-refractivity contribution >= 4 is 17.3 Å². The molecule has 2 N–H and O–H groups in total. The largest absolute Gasteiger partial charge is 0.491 e. The molecular weight excluding hydrogens is 466 g/mol. The summed E-state index contributed by atoms with van der Waals surface area (Å²) in [5.74, 6) is 1.95. The minimum Gasteiger partial charge on any atom is -0.491 e. The Morgan fingerprint density at radius 3 is 2.51 bits per heavy atom. The molecule has 1 aromatic heterocycles. The van der Waals surface area contributed by atoms with Crippen LogP contribution in [-0.2, 0) is 6.42 Å². The SMILES string of the molecule is Cc1nc(-c2ccc(-c3ccc(C(=O)Nc4cc5c(c(N6CCNCC6)c4)OCC5)cc3)c(C)c2)no1. The molecule has 1 fully saturated rings. The van der Waals surface area contributed by atoms with Crippen LogP contribution in [0.2, 0.25) is 0 Å². The zero-order valence-corrected chi connectivity index (χ0v) is 21.0. The summed E-state index contributed by atoms with van der Waals surface area (Å²) in [6.45, 7) is 8.24. The van der Waals surface area contributed by atoms with Crippen LogP contribution in [0.15, 0.2) is 59.1 Å². The number of carbonyl (C=O) groups is 1. The van der Waals surface area contributed by atoms with E-state index in [2.05, 4.69) is 38.7 Å². The first-order valence-corrected chi connectivity index (χ1v) is 12.6. The quantitative estimate of drug-likeness (QED) is 0.417. The van der Waals surface area contributed by atoms with Gasteiger partial charge in [-0.15, -0.1) is 0 Å². The number of carbonyl (C=O) groups excluding carboxylic acids is 1. The van der Waals surface area contributed by atoms with Gasteiger partial charge in [-0.2, -0.15) is 4.98 Å². The summed E-state index contributed by atoms with van der Waals surface area (Å²) in [5, 5.41) is 10.5. The average molecular weight is 496 g/mol. The number of amides is 1. The molecule has 6 rings (SSSR count). The van der Waals surface area contributed by atoms with Crippen LogP contribution in [0.3, 0.4) is 0 Å². The second-order valence-electron chi connectivity index (χ2n) is 9.52. The highest BCUT2D eigenvalue weighted by molar-refractivity contribution is 6.05. The predicted molar refractivity (Wildman–Crippen MR) is 143 cm³/mol. The standard InChI is InChI=1S/C29H29N5O3/c1-18-15-23(28-31-19(2)37-33-28)7-8-25(18)20-3-5-21(6-4-20)29(35)32-24-16-22-9-14-36-27(22)26(17-24)34-12-10-30-11-13-34/h3-8,15-17,30H,9-14H2,1-2H3,(H,32,35). The van der Waals surface area contributed by atoms with E-state index in [-0.39, 0.29) is 5.91 Å². The van der Waals surface area contributed by atoms with Crippen molar-refractivity contribution in [3.8, 4) is 28.3 Å². The molecule has 37 heavy (non-hydrogen) atoms. The van der Waals surface area contributed by atoms with Gasteiger partial charge in [0, 0.05) is 61.9 Å². The lowest BCUT2D eigenvalue weighted by molar-refractivity contribution is 0.102.